The molecule has 0 radical (unpaired) electrons. The molecule has 1 heterocycles. The highest BCUT2D eigenvalue weighted by Gasteiger charge is 2.12. The van der Waals surface area contributed by atoms with Crippen molar-refractivity contribution < 1.29 is 9.53 Å². The smallest absolute Gasteiger partial charge is 0.234 e. The molecule has 2 rings (SSSR count). The Kier molecular flexibility index (Phi) is 4.86. The number of nitrogens with one attached hydrogen (secondary N) is 2. The fourth-order valence-corrected chi connectivity index (χ4v) is 2.75. The average Bonchev–Trinajstić information content (AvgIpc) is 2.84. The van der Waals surface area contributed by atoms with E-state index in [0.717, 1.165) is 27.7 Å². The Morgan fingerprint density at radius 1 is 1.60 bits per heavy atom. The van der Waals surface area contributed by atoms with E-state index in [1.807, 2.05) is 18.2 Å². The second-order valence-corrected chi connectivity index (χ2v) is 5.39. The van der Waals surface area contributed by atoms with Gasteiger partial charge in [0.1, 0.15) is 5.75 Å². The normalized spacial score (nSPS) is 12.5. The van der Waals surface area contributed by atoms with Crippen LogP contribution in [0.15, 0.2) is 23.4 Å². The highest BCUT2D eigenvalue weighted by atomic mass is 32.2. The van der Waals surface area contributed by atoms with Crippen molar-refractivity contribution in [2.75, 3.05) is 19.9 Å². The zero-order chi connectivity index (χ0) is 14.5. The number of nitrogens with zero attached hydrogens (tertiary/aromatic N) is 1. The van der Waals surface area contributed by atoms with Gasteiger partial charge in [-0.05, 0) is 25.6 Å². The first kappa shape index (κ1) is 14.7. The molecule has 4 N–H and O–H groups in total. The van der Waals surface area contributed by atoms with Gasteiger partial charge in [0.25, 0.3) is 0 Å². The standard InChI is InChI=1S/C13H18N4O2S/c1-15-10(12(14)18)5-6-20-13-16-9-4-3-8(19-2)7-11(9)17-13/h3-4,7,10,15H,5-6H2,1-2H3,(H2,14,18)(H,16,17). The Bertz CT molecular complexity index is 599. The molecule has 1 unspecified atom stereocenters. The highest BCUT2D eigenvalue weighted by molar-refractivity contribution is 7.99. The number of nitrogens with two attached hydrogens (primary N) is 1. The number of ether oxygens (including phenoxy) is 1. The number of likely N-dealkylation sites (N-methyl/N-ethyl adjacent to an activating group) is 1. The summed E-state index contributed by atoms with van der Waals surface area (Å²) in [5.41, 5.74) is 7.11. The minimum absolute atomic E-state index is 0.299. The van der Waals surface area contributed by atoms with Gasteiger partial charge < -0.3 is 20.8 Å². The average molecular weight is 294 g/mol. The summed E-state index contributed by atoms with van der Waals surface area (Å²) in [6.45, 7) is 0. The van der Waals surface area contributed by atoms with Crippen molar-refractivity contribution in [2.45, 2.75) is 17.6 Å². The third-order valence-corrected chi connectivity index (χ3v) is 3.91. The maximum absolute atomic E-state index is 11.1. The lowest BCUT2D eigenvalue weighted by Gasteiger charge is -2.10. The Morgan fingerprint density at radius 3 is 3.05 bits per heavy atom. The number of hydrogen-bond acceptors (Lipinski definition) is 5. The third kappa shape index (κ3) is 3.43. The molecular weight excluding hydrogens is 276 g/mol. The number of fused-ring (bicyclic) bond motifs is 1. The van der Waals surface area contributed by atoms with Gasteiger partial charge in [0, 0.05) is 11.8 Å². The maximum Gasteiger partial charge on any atom is 0.234 e. The van der Waals surface area contributed by atoms with E-state index in [-0.39, 0.29) is 11.9 Å². The number of thioether (sulfide) groups is 1. The van der Waals surface area contributed by atoms with Crippen LogP contribution in [0, 0.1) is 0 Å². The van der Waals surface area contributed by atoms with Crippen molar-refractivity contribution in [3.8, 4) is 5.75 Å². The molecule has 1 atom stereocenters. The van der Waals surface area contributed by atoms with Crippen LogP contribution in [0.2, 0.25) is 0 Å². The van der Waals surface area contributed by atoms with Crippen LogP contribution in [0.5, 0.6) is 5.75 Å². The molecule has 1 aromatic heterocycles. The Hall–Kier alpha value is -1.73. The van der Waals surface area contributed by atoms with E-state index in [2.05, 4.69) is 15.3 Å². The summed E-state index contributed by atoms with van der Waals surface area (Å²) in [5, 5.41) is 3.72. The summed E-state index contributed by atoms with van der Waals surface area (Å²) in [7, 11) is 3.36. The lowest BCUT2D eigenvalue weighted by molar-refractivity contribution is -0.119. The molecule has 6 nitrogen and oxygen atoms in total. The van der Waals surface area contributed by atoms with Gasteiger partial charge in [-0.25, -0.2) is 4.98 Å². The van der Waals surface area contributed by atoms with Crippen molar-refractivity contribution >= 4 is 28.7 Å². The molecule has 7 heteroatoms. The molecule has 0 saturated heterocycles. The van der Waals surface area contributed by atoms with E-state index in [9.17, 15) is 4.79 Å². The van der Waals surface area contributed by atoms with E-state index < -0.39 is 0 Å². The predicted octanol–water partition coefficient (Wildman–Crippen LogP) is 1.13. The van der Waals surface area contributed by atoms with E-state index in [0.29, 0.717) is 6.42 Å². The molecule has 0 spiro atoms. The number of aromatic amines is 1. The van der Waals surface area contributed by atoms with Crippen molar-refractivity contribution in [3.63, 3.8) is 0 Å². The fraction of sp³-hybridized carbons (Fsp3) is 0.385. The van der Waals surface area contributed by atoms with Gasteiger partial charge in [0.15, 0.2) is 5.16 Å². The molecule has 0 aliphatic rings. The molecule has 1 amide bonds. The van der Waals surface area contributed by atoms with Crippen LogP contribution in [0.25, 0.3) is 11.0 Å². The number of rotatable bonds is 7. The van der Waals surface area contributed by atoms with Crippen LogP contribution in [-0.2, 0) is 4.79 Å². The van der Waals surface area contributed by atoms with Gasteiger partial charge >= 0.3 is 0 Å². The summed E-state index contributed by atoms with van der Waals surface area (Å²) < 4.78 is 5.17. The Labute approximate surface area is 121 Å². The second kappa shape index (κ2) is 6.62. The van der Waals surface area contributed by atoms with Crippen LogP contribution in [0.4, 0.5) is 0 Å². The number of amides is 1. The Balaban J connectivity index is 1.98. The number of aromatic nitrogens is 2. The van der Waals surface area contributed by atoms with E-state index >= 15 is 0 Å². The first-order valence-electron chi connectivity index (χ1n) is 6.27. The zero-order valence-corrected chi connectivity index (χ0v) is 12.3. The van der Waals surface area contributed by atoms with Crippen LogP contribution in [0.3, 0.4) is 0 Å². The predicted molar refractivity (Wildman–Crippen MR) is 80.0 cm³/mol. The summed E-state index contributed by atoms with van der Waals surface area (Å²) in [4.78, 5) is 18.8. The highest BCUT2D eigenvalue weighted by Crippen LogP contribution is 2.23. The quantitative estimate of drug-likeness (QED) is 0.666. The molecule has 1 aromatic carbocycles. The van der Waals surface area contributed by atoms with Crippen molar-refractivity contribution in [1.29, 1.82) is 0 Å². The minimum atomic E-state index is -0.331. The van der Waals surface area contributed by atoms with Crippen LogP contribution in [-0.4, -0.2) is 41.8 Å². The molecule has 0 bridgehead atoms. The molecule has 0 aliphatic carbocycles. The van der Waals surface area contributed by atoms with Gasteiger partial charge in [-0.3, -0.25) is 4.79 Å². The van der Waals surface area contributed by atoms with Gasteiger partial charge in [0.05, 0.1) is 24.2 Å². The number of primary amides is 1. The van der Waals surface area contributed by atoms with Crippen LogP contribution >= 0.6 is 11.8 Å². The van der Waals surface area contributed by atoms with Crippen LogP contribution in [0.1, 0.15) is 6.42 Å². The fourth-order valence-electron chi connectivity index (χ4n) is 1.86. The monoisotopic (exact) mass is 294 g/mol. The van der Waals surface area contributed by atoms with E-state index in [1.165, 1.54) is 0 Å². The van der Waals surface area contributed by atoms with Crippen molar-refractivity contribution in [3.05, 3.63) is 18.2 Å². The lowest BCUT2D eigenvalue weighted by Crippen LogP contribution is -2.39. The van der Waals surface area contributed by atoms with E-state index in [1.54, 1.807) is 25.9 Å². The molecule has 108 valence electrons. The van der Waals surface area contributed by atoms with Gasteiger partial charge in [-0.1, -0.05) is 11.8 Å². The topological polar surface area (TPSA) is 93.0 Å². The van der Waals surface area contributed by atoms with Crippen molar-refractivity contribution in [1.82, 2.24) is 15.3 Å². The largest absolute Gasteiger partial charge is 0.497 e. The second-order valence-electron chi connectivity index (χ2n) is 4.31. The number of hydrogen-bond donors (Lipinski definition) is 3. The third-order valence-electron chi connectivity index (χ3n) is 3.00. The number of benzene rings is 1. The molecule has 0 saturated carbocycles. The molecular formula is C13H18N4O2S. The van der Waals surface area contributed by atoms with Gasteiger partial charge in [-0.15, -0.1) is 0 Å². The number of carbonyl (C=O) groups is 1. The van der Waals surface area contributed by atoms with Crippen LogP contribution < -0.4 is 15.8 Å². The van der Waals surface area contributed by atoms with E-state index in [4.69, 9.17) is 10.5 Å². The van der Waals surface area contributed by atoms with Gasteiger partial charge in [-0.2, -0.15) is 0 Å². The lowest BCUT2D eigenvalue weighted by atomic mass is 10.2. The van der Waals surface area contributed by atoms with Crippen molar-refractivity contribution in [2.24, 2.45) is 5.73 Å². The first-order chi connectivity index (χ1) is 9.63. The summed E-state index contributed by atoms with van der Waals surface area (Å²) >= 11 is 1.57. The zero-order valence-electron chi connectivity index (χ0n) is 11.5. The SMILES string of the molecule is CNC(CCSc1nc2ccc(OC)cc2[nH]1)C(N)=O. The number of carbonyl (C=O) groups excluding carboxylic acids is 1. The summed E-state index contributed by atoms with van der Waals surface area (Å²) in [6.07, 6.45) is 0.664. The molecule has 20 heavy (non-hydrogen) atoms. The molecule has 2 aromatic rings. The summed E-state index contributed by atoms with van der Waals surface area (Å²) in [5.74, 6) is 1.22. The first-order valence-corrected chi connectivity index (χ1v) is 7.25. The Morgan fingerprint density at radius 2 is 2.40 bits per heavy atom. The minimum Gasteiger partial charge on any atom is -0.497 e. The summed E-state index contributed by atoms with van der Waals surface area (Å²) in [6, 6.07) is 5.40. The maximum atomic E-state index is 11.1. The number of methoxy groups -OCH3 is 1. The molecule has 0 aliphatic heterocycles. The number of H-pyrrole nitrogens is 1. The van der Waals surface area contributed by atoms with Gasteiger partial charge in [0.2, 0.25) is 5.91 Å². The molecule has 0 fully saturated rings. The number of imidazole rings is 1.